The standard InChI is InChI=1S/C8H7ClN4S/c1-10-8-12-7(13-14-8)6-3-2-5(9)4-11-6/h2-4H,1H3,(H,10,12,13). The van der Waals surface area contributed by atoms with Crippen molar-refractivity contribution in [3.63, 3.8) is 0 Å². The molecule has 72 valence electrons. The highest BCUT2D eigenvalue weighted by atomic mass is 35.5. The van der Waals surface area contributed by atoms with Crippen LogP contribution in [0.25, 0.3) is 11.5 Å². The first kappa shape index (κ1) is 9.36. The Labute approximate surface area is 90.1 Å². The maximum atomic E-state index is 5.72. The largest absolute Gasteiger partial charge is 0.363 e. The van der Waals surface area contributed by atoms with Gasteiger partial charge in [0.15, 0.2) is 5.82 Å². The maximum Gasteiger partial charge on any atom is 0.202 e. The molecule has 0 aliphatic rings. The molecule has 0 radical (unpaired) electrons. The van der Waals surface area contributed by atoms with E-state index in [2.05, 4.69) is 19.7 Å². The number of nitrogens with zero attached hydrogens (tertiary/aromatic N) is 3. The van der Waals surface area contributed by atoms with Crippen molar-refractivity contribution < 1.29 is 0 Å². The number of rotatable bonds is 2. The van der Waals surface area contributed by atoms with Gasteiger partial charge in [0.25, 0.3) is 0 Å². The van der Waals surface area contributed by atoms with E-state index >= 15 is 0 Å². The van der Waals surface area contributed by atoms with Gasteiger partial charge in [-0.2, -0.15) is 9.36 Å². The third kappa shape index (κ3) is 1.83. The van der Waals surface area contributed by atoms with E-state index < -0.39 is 0 Å². The highest BCUT2D eigenvalue weighted by molar-refractivity contribution is 7.09. The molecule has 0 aromatic carbocycles. The zero-order chi connectivity index (χ0) is 9.97. The average Bonchev–Trinajstić information content (AvgIpc) is 2.67. The topological polar surface area (TPSA) is 50.7 Å². The van der Waals surface area contributed by atoms with Gasteiger partial charge in [0, 0.05) is 24.8 Å². The average molecular weight is 227 g/mol. The quantitative estimate of drug-likeness (QED) is 0.854. The van der Waals surface area contributed by atoms with Crippen molar-refractivity contribution in [3.8, 4) is 11.5 Å². The second-order valence-corrected chi connectivity index (χ2v) is 3.72. The van der Waals surface area contributed by atoms with Gasteiger partial charge in [-0.25, -0.2) is 0 Å². The van der Waals surface area contributed by atoms with E-state index in [0.29, 0.717) is 10.8 Å². The number of aromatic nitrogens is 3. The lowest BCUT2D eigenvalue weighted by molar-refractivity contribution is 1.23. The number of anilines is 1. The monoisotopic (exact) mass is 226 g/mol. The third-order valence-corrected chi connectivity index (χ3v) is 2.55. The first-order valence-electron chi connectivity index (χ1n) is 3.93. The van der Waals surface area contributed by atoms with Crippen LogP contribution in [0.4, 0.5) is 5.13 Å². The smallest absolute Gasteiger partial charge is 0.202 e. The summed E-state index contributed by atoms with van der Waals surface area (Å²) < 4.78 is 4.15. The Hall–Kier alpha value is -1.20. The van der Waals surface area contributed by atoms with Gasteiger partial charge in [-0.15, -0.1) is 0 Å². The van der Waals surface area contributed by atoms with Crippen LogP contribution in [0.2, 0.25) is 5.02 Å². The third-order valence-electron chi connectivity index (χ3n) is 1.60. The van der Waals surface area contributed by atoms with Crippen molar-refractivity contribution in [1.82, 2.24) is 14.3 Å². The fourth-order valence-electron chi connectivity index (χ4n) is 0.937. The van der Waals surface area contributed by atoms with Gasteiger partial charge in [0.05, 0.1) is 5.02 Å². The molecule has 2 rings (SSSR count). The van der Waals surface area contributed by atoms with Crippen molar-refractivity contribution in [1.29, 1.82) is 0 Å². The molecule has 2 aromatic heterocycles. The van der Waals surface area contributed by atoms with E-state index in [0.717, 1.165) is 10.8 Å². The van der Waals surface area contributed by atoms with Gasteiger partial charge in [0.2, 0.25) is 5.13 Å². The molecule has 14 heavy (non-hydrogen) atoms. The molecule has 0 amide bonds. The van der Waals surface area contributed by atoms with Crippen molar-refractivity contribution in [2.75, 3.05) is 12.4 Å². The number of pyridine rings is 1. The van der Waals surface area contributed by atoms with Crippen LogP contribution in [0.15, 0.2) is 18.3 Å². The number of hydrogen-bond donors (Lipinski definition) is 1. The van der Waals surface area contributed by atoms with Crippen molar-refractivity contribution >= 4 is 28.3 Å². The minimum atomic E-state index is 0.609. The van der Waals surface area contributed by atoms with Gasteiger partial charge < -0.3 is 5.32 Å². The van der Waals surface area contributed by atoms with E-state index in [-0.39, 0.29) is 0 Å². The van der Waals surface area contributed by atoms with Crippen molar-refractivity contribution in [2.24, 2.45) is 0 Å². The number of hydrogen-bond acceptors (Lipinski definition) is 5. The van der Waals surface area contributed by atoms with E-state index in [1.807, 2.05) is 0 Å². The predicted octanol–water partition coefficient (Wildman–Crippen LogP) is 2.30. The number of halogens is 1. The molecule has 0 atom stereocenters. The minimum Gasteiger partial charge on any atom is -0.363 e. The van der Waals surface area contributed by atoms with Gasteiger partial charge in [0.1, 0.15) is 5.69 Å². The Bertz CT molecular complexity index is 425. The normalized spacial score (nSPS) is 10.1. The Morgan fingerprint density at radius 3 is 2.86 bits per heavy atom. The Balaban J connectivity index is 2.34. The second kappa shape index (κ2) is 3.89. The van der Waals surface area contributed by atoms with Crippen LogP contribution >= 0.6 is 23.1 Å². The zero-order valence-electron chi connectivity index (χ0n) is 7.36. The summed E-state index contributed by atoms with van der Waals surface area (Å²) in [6.45, 7) is 0. The highest BCUT2D eigenvalue weighted by Gasteiger charge is 2.05. The lowest BCUT2D eigenvalue weighted by Crippen LogP contribution is -1.87. The molecule has 0 fully saturated rings. The van der Waals surface area contributed by atoms with Gasteiger partial charge in [-0.3, -0.25) is 4.98 Å². The molecular weight excluding hydrogens is 220 g/mol. The summed E-state index contributed by atoms with van der Waals surface area (Å²) in [7, 11) is 1.81. The van der Waals surface area contributed by atoms with Crippen LogP contribution in [0.1, 0.15) is 0 Å². The summed E-state index contributed by atoms with van der Waals surface area (Å²) >= 11 is 7.02. The van der Waals surface area contributed by atoms with Crippen LogP contribution in [-0.2, 0) is 0 Å². The van der Waals surface area contributed by atoms with Crippen molar-refractivity contribution in [3.05, 3.63) is 23.4 Å². The first-order valence-corrected chi connectivity index (χ1v) is 5.08. The van der Waals surface area contributed by atoms with Crippen LogP contribution in [0.3, 0.4) is 0 Å². The fraction of sp³-hybridized carbons (Fsp3) is 0.125. The molecule has 0 bridgehead atoms. The van der Waals surface area contributed by atoms with Crippen LogP contribution in [0, 0.1) is 0 Å². The molecule has 4 nitrogen and oxygen atoms in total. The molecule has 0 saturated heterocycles. The molecule has 6 heteroatoms. The van der Waals surface area contributed by atoms with E-state index in [1.54, 1.807) is 25.4 Å². The molecule has 1 N–H and O–H groups in total. The zero-order valence-corrected chi connectivity index (χ0v) is 8.93. The summed E-state index contributed by atoms with van der Waals surface area (Å²) in [5.74, 6) is 0.621. The summed E-state index contributed by atoms with van der Waals surface area (Å²) in [6.07, 6.45) is 1.58. The van der Waals surface area contributed by atoms with Crippen molar-refractivity contribution in [2.45, 2.75) is 0 Å². The highest BCUT2D eigenvalue weighted by Crippen LogP contribution is 2.19. The number of nitrogens with one attached hydrogen (secondary N) is 1. The molecule has 0 spiro atoms. The Morgan fingerprint density at radius 2 is 2.29 bits per heavy atom. The maximum absolute atomic E-state index is 5.72. The van der Waals surface area contributed by atoms with E-state index in [9.17, 15) is 0 Å². The minimum absolute atomic E-state index is 0.609. The van der Waals surface area contributed by atoms with Gasteiger partial charge in [-0.1, -0.05) is 11.6 Å². The molecule has 0 aliphatic carbocycles. The lowest BCUT2D eigenvalue weighted by Gasteiger charge is -1.93. The van der Waals surface area contributed by atoms with Crippen LogP contribution < -0.4 is 5.32 Å². The summed E-state index contributed by atoms with van der Waals surface area (Å²) in [5, 5.41) is 4.30. The van der Waals surface area contributed by atoms with E-state index in [4.69, 9.17) is 11.6 Å². The Morgan fingerprint density at radius 1 is 1.43 bits per heavy atom. The van der Waals surface area contributed by atoms with Crippen LogP contribution in [-0.4, -0.2) is 21.4 Å². The lowest BCUT2D eigenvalue weighted by atomic mass is 10.3. The molecule has 0 unspecified atom stereocenters. The van der Waals surface area contributed by atoms with Crippen LogP contribution in [0.5, 0.6) is 0 Å². The SMILES string of the molecule is CNc1nc(-c2ccc(Cl)cn2)ns1. The molecule has 0 aliphatic heterocycles. The Kier molecular flexibility index (Phi) is 2.60. The first-order chi connectivity index (χ1) is 6.79. The molecule has 2 aromatic rings. The van der Waals surface area contributed by atoms with E-state index in [1.165, 1.54) is 11.5 Å². The molecule has 0 saturated carbocycles. The molecule has 2 heterocycles. The van der Waals surface area contributed by atoms with Gasteiger partial charge >= 0.3 is 0 Å². The van der Waals surface area contributed by atoms with Gasteiger partial charge in [-0.05, 0) is 12.1 Å². The molecular formula is C8H7ClN4S. The summed E-state index contributed by atoms with van der Waals surface area (Å²) in [5.41, 5.74) is 0.729. The summed E-state index contributed by atoms with van der Waals surface area (Å²) in [6, 6.07) is 3.56. The summed E-state index contributed by atoms with van der Waals surface area (Å²) in [4.78, 5) is 8.34. The predicted molar refractivity (Wildman–Crippen MR) is 57.7 cm³/mol. The fourth-order valence-corrected chi connectivity index (χ4v) is 1.57. The second-order valence-electron chi connectivity index (χ2n) is 2.53.